The molecule has 0 amide bonds. The van der Waals surface area contributed by atoms with Gasteiger partial charge in [0, 0.05) is 17.4 Å². The molecule has 0 aliphatic rings. The average molecular weight is 362 g/mol. The second-order valence-electron chi connectivity index (χ2n) is 7.94. The molecule has 26 heavy (non-hydrogen) atoms. The predicted octanol–water partition coefficient (Wildman–Crippen LogP) is 4.77. The zero-order valence-electron chi connectivity index (χ0n) is 17.6. The molecule has 0 radical (unpaired) electrons. The fraction of sp³-hybridized carbons (Fsp3) is 0.429. The van der Waals surface area contributed by atoms with Crippen molar-refractivity contribution in [3.8, 4) is 0 Å². The van der Waals surface area contributed by atoms with Crippen molar-refractivity contribution in [3.63, 3.8) is 0 Å². The summed E-state index contributed by atoms with van der Waals surface area (Å²) >= 11 is 0. The summed E-state index contributed by atoms with van der Waals surface area (Å²) in [6, 6.07) is 0.158. The summed E-state index contributed by atoms with van der Waals surface area (Å²) < 4.78 is 27.0. The molecule has 0 aromatic carbocycles. The molecule has 1 unspecified atom stereocenters. The number of likely N-dealkylation sites (N-methyl/N-ethyl adjacent to an activating group) is 1. The molecule has 0 heterocycles. The monoisotopic (exact) mass is 362 g/mol. The molecule has 0 aromatic rings. The second-order valence-corrected chi connectivity index (χ2v) is 7.94. The number of nitrogens with zero attached hydrogens (tertiary/aromatic N) is 1. The third-order valence-electron chi connectivity index (χ3n) is 4.01. The van der Waals surface area contributed by atoms with Gasteiger partial charge in [0.05, 0.1) is 0 Å². The van der Waals surface area contributed by atoms with Crippen LogP contribution in [0.5, 0.6) is 0 Å². The minimum absolute atomic E-state index is 0.0167. The summed E-state index contributed by atoms with van der Waals surface area (Å²) in [5.41, 5.74) is 2.76. The van der Waals surface area contributed by atoms with Crippen LogP contribution in [0, 0.1) is 5.41 Å². The van der Waals surface area contributed by atoms with Crippen molar-refractivity contribution < 1.29 is 8.78 Å². The van der Waals surface area contributed by atoms with Gasteiger partial charge in [-0.1, -0.05) is 46.6 Å². The van der Waals surface area contributed by atoms with Gasteiger partial charge in [0.15, 0.2) is 0 Å². The smallest absolute Gasteiger partial charge is 0.147 e. The molecular weight excluding hydrogens is 329 g/mol. The van der Waals surface area contributed by atoms with Crippen LogP contribution in [0.4, 0.5) is 8.78 Å². The van der Waals surface area contributed by atoms with E-state index in [1.54, 1.807) is 6.92 Å². The van der Waals surface area contributed by atoms with Gasteiger partial charge in [-0.05, 0) is 56.1 Å². The van der Waals surface area contributed by atoms with Crippen LogP contribution in [0.25, 0.3) is 0 Å². The number of halogens is 2. The molecule has 0 saturated carbocycles. The van der Waals surface area contributed by atoms with Crippen molar-refractivity contribution in [1.29, 1.82) is 0 Å². The maximum absolute atomic E-state index is 14.0. The van der Waals surface area contributed by atoms with Gasteiger partial charge in [-0.3, -0.25) is 0 Å². The molecule has 1 atom stereocenters. The first-order chi connectivity index (χ1) is 11.7. The normalized spacial score (nSPS) is 15.5. The van der Waals surface area contributed by atoms with Crippen molar-refractivity contribution in [2.24, 2.45) is 5.41 Å². The average Bonchev–Trinajstić information content (AvgIpc) is 2.43. The summed E-state index contributed by atoms with van der Waals surface area (Å²) in [6.45, 7) is 21.3. The molecule has 2 nitrogen and oxygen atoms in total. The van der Waals surface area contributed by atoms with Gasteiger partial charge in [-0.2, -0.15) is 0 Å². The fourth-order valence-corrected chi connectivity index (χ4v) is 2.60. The van der Waals surface area contributed by atoms with E-state index < -0.39 is 11.7 Å². The largest absolute Gasteiger partial charge is 0.359 e. The van der Waals surface area contributed by atoms with E-state index in [0.29, 0.717) is 11.4 Å². The summed E-state index contributed by atoms with van der Waals surface area (Å²) in [6.07, 6.45) is 3.35. The number of hydrogen-bond acceptors (Lipinski definition) is 2. The molecule has 0 aromatic heterocycles. The van der Waals surface area contributed by atoms with E-state index in [-0.39, 0.29) is 16.9 Å². The van der Waals surface area contributed by atoms with Gasteiger partial charge in [0.25, 0.3) is 0 Å². The van der Waals surface area contributed by atoms with Crippen LogP contribution in [-0.2, 0) is 0 Å². The lowest BCUT2D eigenvalue weighted by molar-refractivity contribution is 0.194. The van der Waals surface area contributed by atoms with Gasteiger partial charge >= 0.3 is 0 Å². The molecule has 1 N–H and O–H groups in total. The lowest BCUT2D eigenvalue weighted by Gasteiger charge is -2.34. The highest BCUT2D eigenvalue weighted by molar-refractivity contribution is 6.24. The highest BCUT2D eigenvalue weighted by atomic mass is 19.1. The first-order valence-electron chi connectivity index (χ1n) is 8.58. The van der Waals surface area contributed by atoms with Crippen LogP contribution in [0.2, 0.25) is 0 Å². The third-order valence-corrected chi connectivity index (χ3v) is 4.01. The minimum Gasteiger partial charge on any atom is -0.359 e. The topological polar surface area (TPSA) is 15.3 Å². The molecule has 0 bridgehead atoms. The van der Waals surface area contributed by atoms with Crippen LogP contribution in [0.3, 0.4) is 0 Å². The van der Waals surface area contributed by atoms with E-state index in [4.69, 9.17) is 0 Å². The first-order valence-corrected chi connectivity index (χ1v) is 8.58. The summed E-state index contributed by atoms with van der Waals surface area (Å²) in [7, 11) is 5.40. The fourth-order valence-electron chi connectivity index (χ4n) is 2.60. The van der Waals surface area contributed by atoms with Gasteiger partial charge in [0.1, 0.15) is 19.5 Å². The van der Waals surface area contributed by atoms with E-state index in [9.17, 15) is 8.78 Å². The Labute approximate surface area is 159 Å². The second kappa shape index (κ2) is 9.72. The minimum atomic E-state index is -0.785. The first kappa shape index (κ1) is 24.1. The predicted molar refractivity (Wildman–Crippen MR) is 113 cm³/mol. The molecule has 144 valence electrons. The van der Waals surface area contributed by atoms with Crippen LogP contribution >= 0.6 is 0 Å². The molecular formula is C21H33BF2N2. The highest BCUT2D eigenvalue weighted by Crippen LogP contribution is 2.28. The maximum Gasteiger partial charge on any atom is 0.147 e. The Morgan fingerprint density at radius 1 is 1.12 bits per heavy atom. The Kier molecular flexibility index (Phi) is 9.02. The van der Waals surface area contributed by atoms with E-state index in [0.717, 1.165) is 11.1 Å². The van der Waals surface area contributed by atoms with Crippen molar-refractivity contribution in [2.75, 3.05) is 14.1 Å². The highest BCUT2D eigenvalue weighted by Gasteiger charge is 2.25. The van der Waals surface area contributed by atoms with Gasteiger partial charge in [-0.25, -0.2) is 8.78 Å². The summed E-state index contributed by atoms with van der Waals surface area (Å²) in [4.78, 5) is 2.14. The molecule has 0 rings (SSSR count). The molecule has 0 saturated heterocycles. The van der Waals surface area contributed by atoms with E-state index in [1.807, 2.05) is 21.0 Å². The van der Waals surface area contributed by atoms with Gasteiger partial charge < -0.3 is 10.2 Å². The van der Waals surface area contributed by atoms with E-state index >= 15 is 0 Å². The Balaban J connectivity index is 5.71. The summed E-state index contributed by atoms with van der Waals surface area (Å²) in [5.74, 6) is -1.45. The van der Waals surface area contributed by atoms with E-state index in [1.165, 1.54) is 13.9 Å². The zero-order chi connectivity index (χ0) is 20.8. The maximum atomic E-state index is 14.0. The Bertz CT molecular complexity index is 662. The van der Waals surface area contributed by atoms with Gasteiger partial charge in [-0.15, -0.1) is 0 Å². The van der Waals surface area contributed by atoms with Crippen LogP contribution in [0.15, 0.2) is 71.6 Å². The van der Waals surface area contributed by atoms with Crippen molar-refractivity contribution in [1.82, 2.24) is 10.2 Å². The summed E-state index contributed by atoms with van der Waals surface area (Å²) in [5, 5.41) is 3.07. The quantitative estimate of drug-likeness (QED) is 0.494. The third kappa shape index (κ3) is 7.57. The van der Waals surface area contributed by atoms with Crippen molar-refractivity contribution >= 4 is 7.85 Å². The van der Waals surface area contributed by atoms with Crippen LogP contribution in [-0.4, -0.2) is 32.9 Å². The SMILES string of the molecule is B/C(C(=C)F)=C(F)/C=C(\C)NC(=C)/C(=C/C(N(C)C)C(C)(C)C)C(=C)C. The van der Waals surface area contributed by atoms with Crippen molar-refractivity contribution in [3.05, 3.63) is 71.6 Å². The standard InChI is InChI=1S/C21H33BF2N2/c1-13(2)17(12-19(26(9)10)21(6,7)8)16(5)25-14(3)11-18(24)20(22)15(4)23/h11-12,19,25H,1,4-5,22H2,2-3,6-10H3/b14-11+,17-12+,20-18-. The van der Waals surface area contributed by atoms with Gasteiger partial charge in [0.2, 0.25) is 0 Å². The molecule has 0 aliphatic heterocycles. The molecule has 0 fully saturated rings. The molecule has 0 aliphatic carbocycles. The van der Waals surface area contributed by atoms with E-state index in [2.05, 4.69) is 56.8 Å². The van der Waals surface area contributed by atoms with Crippen LogP contribution < -0.4 is 5.32 Å². The Morgan fingerprint density at radius 3 is 1.96 bits per heavy atom. The number of nitrogens with one attached hydrogen (secondary N) is 1. The molecule has 0 spiro atoms. The lowest BCUT2D eigenvalue weighted by atomic mass is 9.84. The number of allylic oxidation sites excluding steroid dienone is 6. The Hall–Kier alpha value is -1.88. The van der Waals surface area contributed by atoms with Crippen LogP contribution in [0.1, 0.15) is 34.6 Å². The van der Waals surface area contributed by atoms with Crippen molar-refractivity contribution in [2.45, 2.75) is 40.7 Å². The number of hydrogen-bond donors (Lipinski definition) is 1. The zero-order valence-corrected chi connectivity index (χ0v) is 17.6. The number of rotatable bonds is 8. The molecule has 5 heteroatoms. The Morgan fingerprint density at radius 2 is 1.62 bits per heavy atom. The lowest BCUT2D eigenvalue weighted by Crippen LogP contribution is -2.38.